The van der Waals surface area contributed by atoms with Gasteiger partial charge < -0.3 is 4.74 Å². The Morgan fingerprint density at radius 2 is 2.26 bits per heavy atom. The van der Waals surface area contributed by atoms with Crippen molar-refractivity contribution in [3.8, 4) is 0 Å². The Kier molecular flexibility index (Phi) is 3.52. The fourth-order valence-electron chi connectivity index (χ4n) is 2.30. The van der Waals surface area contributed by atoms with Gasteiger partial charge in [0.2, 0.25) is 0 Å². The second kappa shape index (κ2) is 5.46. The third-order valence-electron chi connectivity index (χ3n) is 3.34. The van der Waals surface area contributed by atoms with E-state index in [0.29, 0.717) is 6.61 Å². The molecule has 0 saturated carbocycles. The summed E-state index contributed by atoms with van der Waals surface area (Å²) in [5.41, 5.74) is 2.21. The van der Waals surface area contributed by atoms with Crippen molar-refractivity contribution in [1.29, 1.82) is 0 Å². The van der Waals surface area contributed by atoms with Crippen molar-refractivity contribution in [2.24, 2.45) is 0 Å². The lowest BCUT2D eigenvalue weighted by molar-refractivity contribution is -0.0143. The number of aromatic nitrogens is 4. The molecule has 1 saturated heterocycles. The van der Waals surface area contributed by atoms with Gasteiger partial charge in [0.25, 0.3) is 0 Å². The molecule has 1 N–H and O–H groups in total. The minimum absolute atomic E-state index is 0.220. The summed E-state index contributed by atoms with van der Waals surface area (Å²) in [6.45, 7) is 5.07. The van der Waals surface area contributed by atoms with Crippen LogP contribution in [-0.2, 0) is 11.3 Å². The number of H-pyrrole nitrogens is 1. The van der Waals surface area contributed by atoms with Gasteiger partial charge in [-0.2, -0.15) is 5.10 Å². The van der Waals surface area contributed by atoms with Crippen molar-refractivity contribution in [3.05, 3.63) is 41.7 Å². The Balaban J connectivity index is 1.75. The average molecular weight is 259 g/mol. The van der Waals surface area contributed by atoms with Gasteiger partial charge in [0.15, 0.2) is 0 Å². The van der Waals surface area contributed by atoms with Gasteiger partial charge in [-0.25, -0.2) is 9.97 Å². The molecule has 6 heteroatoms. The van der Waals surface area contributed by atoms with E-state index in [1.165, 1.54) is 0 Å². The number of ether oxygens (including phenoxy) is 1. The maximum absolute atomic E-state index is 5.57. The first-order chi connectivity index (χ1) is 9.33. The third-order valence-corrected chi connectivity index (χ3v) is 3.34. The van der Waals surface area contributed by atoms with Crippen LogP contribution >= 0.6 is 0 Å². The predicted octanol–water partition coefficient (Wildman–Crippen LogP) is 1.08. The first kappa shape index (κ1) is 12.3. The summed E-state index contributed by atoms with van der Waals surface area (Å²) < 4.78 is 5.57. The number of aryl methyl sites for hydroxylation is 1. The monoisotopic (exact) mass is 259 g/mol. The number of nitrogens with zero attached hydrogens (tertiary/aromatic N) is 4. The third kappa shape index (κ3) is 2.80. The highest BCUT2D eigenvalue weighted by Gasteiger charge is 2.25. The lowest BCUT2D eigenvalue weighted by Crippen LogP contribution is -2.39. The van der Waals surface area contributed by atoms with Gasteiger partial charge in [0, 0.05) is 37.2 Å². The predicted molar refractivity (Wildman–Crippen MR) is 69.3 cm³/mol. The second-order valence-electron chi connectivity index (χ2n) is 4.71. The maximum atomic E-state index is 5.57. The summed E-state index contributed by atoms with van der Waals surface area (Å²) in [5.74, 6) is 0.802. The van der Waals surface area contributed by atoms with Crippen LogP contribution in [0.5, 0.6) is 0 Å². The zero-order chi connectivity index (χ0) is 13.1. The molecule has 1 fully saturated rings. The minimum Gasteiger partial charge on any atom is -0.378 e. The molecule has 1 atom stereocenters. The van der Waals surface area contributed by atoms with Crippen LogP contribution in [0.1, 0.15) is 23.1 Å². The molecular formula is C13H17N5O. The quantitative estimate of drug-likeness (QED) is 0.893. The van der Waals surface area contributed by atoms with E-state index in [9.17, 15) is 0 Å². The van der Waals surface area contributed by atoms with E-state index in [2.05, 4.69) is 25.1 Å². The Labute approximate surface area is 111 Å². The van der Waals surface area contributed by atoms with Crippen LogP contribution < -0.4 is 0 Å². The number of hydrogen-bond acceptors (Lipinski definition) is 5. The normalized spacial score (nSPS) is 20.6. The van der Waals surface area contributed by atoms with Crippen molar-refractivity contribution < 1.29 is 4.74 Å². The molecule has 0 bridgehead atoms. The maximum Gasteiger partial charge on any atom is 0.125 e. The first-order valence-electron chi connectivity index (χ1n) is 6.41. The molecule has 1 aliphatic rings. The summed E-state index contributed by atoms with van der Waals surface area (Å²) in [7, 11) is 0. The van der Waals surface area contributed by atoms with E-state index < -0.39 is 0 Å². The smallest absolute Gasteiger partial charge is 0.125 e. The number of aromatic amines is 1. The molecule has 6 nitrogen and oxygen atoms in total. The van der Waals surface area contributed by atoms with Crippen LogP contribution in [0, 0.1) is 6.92 Å². The highest BCUT2D eigenvalue weighted by atomic mass is 16.5. The van der Waals surface area contributed by atoms with Gasteiger partial charge in [-0.15, -0.1) is 0 Å². The van der Waals surface area contributed by atoms with Crippen LogP contribution in [0.2, 0.25) is 0 Å². The minimum atomic E-state index is 0.220. The molecular weight excluding hydrogens is 242 g/mol. The Hall–Kier alpha value is -1.79. The van der Waals surface area contributed by atoms with E-state index >= 15 is 0 Å². The lowest BCUT2D eigenvalue weighted by Gasteiger charge is -2.34. The van der Waals surface area contributed by atoms with Gasteiger partial charge in [0.1, 0.15) is 5.82 Å². The van der Waals surface area contributed by atoms with Crippen LogP contribution in [0.25, 0.3) is 0 Å². The molecule has 19 heavy (non-hydrogen) atoms. The van der Waals surface area contributed by atoms with E-state index in [1.54, 1.807) is 6.20 Å². The van der Waals surface area contributed by atoms with Crippen molar-refractivity contribution >= 4 is 0 Å². The number of nitrogens with one attached hydrogen (secondary N) is 1. The molecule has 0 unspecified atom stereocenters. The lowest BCUT2D eigenvalue weighted by atomic mass is 10.1. The fraction of sp³-hybridized carbons (Fsp3) is 0.462. The molecule has 0 spiro atoms. The van der Waals surface area contributed by atoms with Gasteiger partial charge in [-0.3, -0.25) is 10.00 Å². The summed E-state index contributed by atoms with van der Waals surface area (Å²) in [6.07, 6.45) is 5.56. The standard InChI is InChI=1S/C13H17N5O/c1-10-14-6-11(7-15-10)8-18-4-5-19-9-13(18)12-2-3-16-17-12/h2-3,6-7,13H,4-5,8-9H2,1H3,(H,16,17)/t13-/m0/s1. The molecule has 2 aromatic heterocycles. The van der Waals surface area contributed by atoms with Crippen molar-refractivity contribution in [2.75, 3.05) is 19.8 Å². The summed E-state index contributed by atoms with van der Waals surface area (Å²) in [5, 5.41) is 7.05. The van der Waals surface area contributed by atoms with E-state index in [0.717, 1.165) is 36.8 Å². The zero-order valence-corrected chi connectivity index (χ0v) is 10.9. The summed E-state index contributed by atoms with van der Waals surface area (Å²) >= 11 is 0. The average Bonchev–Trinajstić information content (AvgIpc) is 2.96. The van der Waals surface area contributed by atoms with E-state index in [4.69, 9.17) is 4.74 Å². The second-order valence-corrected chi connectivity index (χ2v) is 4.71. The summed E-state index contributed by atoms with van der Waals surface area (Å²) in [4.78, 5) is 10.9. The molecule has 0 aliphatic carbocycles. The highest BCUT2D eigenvalue weighted by molar-refractivity contribution is 5.09. The van der Waals surface area contributed by atoms with Crippen LogP contribution in [0.15, 0.2) is 24.7 Å². The molecule has 0 radical (unpaired) electrons. The van der Waals surface area contributed by atoms with Gasteiger partial charge in [-0.1, -0.05) is 0 Å². The first-order valence-corrected chi connectivity index (χ1v) is 6.41. The van der Waals surface area contributed by atoms with Gasteiger partial charge >= 0.3 is 0 Å². The van der Waals surface area contributed by atoms with Crippen LogP contribution in [0.3, 0.4) is 0 Å². The molecule has 3 rings (SSSR count). The van der Waals surface area contributed by atoms with Crippen molar-refractivity contribution in [3.63, 3.8) is 0 Å². The number of rotatable bonds is 3. The van der Waals surface area contributed by atoms with E-state index in [1.807, 2.05) is 25.4 Å². The highest BCUT2D eigenvalue weighted by Crippen LogP contribution is 2.23. The van der Waals surface area contributed by atoms with Gasteiger partial charge in [0.05, 0.1) is 24.9 Å². The number of morpholine rings is 1. The topological polar surface area (TPSA) is 66.9 Å². The van der Waals surface area contributed by atoms with Crippen LogP contribution in [-0.4, -0.2) is 44.8 Å². The molecule has 0 amide bonds. The number of hydrogen-bond donors (Lipinski definition) is 1. The summed E-state index contributed by atoms with van der Waals surface area (Å²) in [6, 6.07) is 2.22. The SMILES string of the molecule is Cc1ncc(CN2CCOC[C@H]2c2ccn[nH]2)cn1. The Bertz CT molecular complexity index is 510. The Morgan fingerprint density at radius 1 is 1.42 bits per heavy atom. The molecule has 1 aliphatic heterocycles. The fourth-order valence-corrected chi connectivity index (χ4v) is 2.30. The molecule has 100 valence electrons. The largest absolute Gasteiger partial charge is 0.378 e. The zero-order valence-electron chi connectivity index (χ0n) is 10.9. The molecule has 2 aromatic rings. The Morgan fingerprint density at radius 3 is 3.00 bits per heavy atom. The van der Waals surface area contributed by atoms with Gasteiger partial charge in [-0.05, 0) is 13.0 Å². The molecule has 0 aromatic carbocycles. The van der Waals surface area contributed by atoms with Crippen molar-refractivity contribution in [1.82, 2.24) is 25.1 Å². The van der Waals surface area contributed by atoms with E-state index in [-0.39, 0.29) is 6.04 Å². The van der Waals surface area contributed by atoms with Crippen LogP contribution in [0.4, 0.5) is 0 Å². The molecule has 3 heterocycles. The van der Waals surface area contributed by atoms with Crippen molar-refractivity contribution in [2.45, 2.75) is 19.5 Å².